The summed E-state index contributed by atoms with van der Waals surface area (Å²) in [6.45, 7) is 2.29. The summed E-state index contributed by atoms with van der Waals surface area (Å²) >= 11 is 0. The number of rotatable bonds is 4. The summed E-state index contributed by atoms with van der Waals surface area (Å²) in [5.74, 6) is 1.65. The number of hydrogen-bond donors (Lipinski definition) is 1. The van der Waals surface area contributed by atoms with E-state index in [9.17, 15) is 4.79 Å². The van der Waals surface area contributed by atoms with Crippen LogP contribution >= 0.6 is 0 Å². The molecule has 0 aromatic carbocycles. The van der Waals surface area contributed by atoms with Gasteiger partial charge in [0.05, 0.1) is 6.04 Å². The number of nitrogens with zero attached hydrogens (tertiary/aromatic N) is 1. The Morgan fingerprint density at radius 2 is 2.06 bits per heavy atom. The second-order valence-electron chi connectivity index (χ2n) is 6.16. The van der Waals surface area contributed by atoms with Gasteiger partial charge in [0.15, 0.2) is 0 Å². The van der Waals surface area contributed by atoms with Crippen molar-refractivity contribution in [1.29, 1.82) is 0 Å². The fourth-order valence-corrected chi connectivity index (χ4v) is 3.01. The third kappa shape index (κ3) is 3.44. The van der Waals surface area contributed by atoms with E-state index in [2.05, 4.69) is 6.92 Å². The van der Waals surface area contributed by atoms with Gasteiger partial charge in [-0.3, -0.25) is 4.79 Å². The van der Waals surface area contributed by atoms with Gasteiger partial charge >= 0.3 is 0 Å². The Labute approximate surface area is 105 Å². The van der Waals surface area contributed by atoms with Crippen LogP contribution < -0.4 is 5.73 Å². The fraction of sp³-hybridized carbons (Fsp3) is 0.929. The molecule has 0 bridgehead atoms. The van der Waals surface area contributed by atoms with Gasteiger partial charge in [0.1, 0.15) is 0 Å². The molecule has 0 aliphatic heterocycles. The van der Waals surface area contributed by atoms with Crippen molar-refractivity contribution >= 4 is 5.91 Å². The minimum Gasteiger partial charge on any atom is -0.341 e. The van der Waals surface area contributed by atoms with Gasteiger partial charge in [-0.05, 0) is 31.1 Å². The van der Waals surface area contributed by atoms with E-state index in [-0.39, 0.29) is 11.9 Å². The van der Waals surface area contributed by atoms with Gasteiger partial charge in [-0.25, -0.2) is 0 Å². The highest BCUT2D eigenvalue weighted by Crippen LogP contribution is 2.34. The first-order valence-corrected chi connectivity index (χ1v) is 7.10. The Bertz CT molecular complexity index is 275. The number of hydrogen-bond acceptors (Lipinski definition) is 2. The van der Waals surface area contributed by atoms with E-state index >= 15 is 0 Å². The maximum Gasteiger partial charge on any atom is 0.239 e. The zero-order chi connectivity index (χ0) is 12.4. The van der Waals surface area contributed by atoms with Crippen LogP contribution in [-0.2, 0) is 4.79 Å². The van der Waals surface area contributed by atoms with Gasteiger partial charge in [-0.1, -0.05) is 32.6 Å². The third-order valence-corrected chi connectivity index (χ3v) is 4.41. The van der Waals surface area contributed by atoms with Crippen molar-refractivity contribution < 1.29 is 4.79 Å². The molecule has 2 N–H and O–H groups in total. The van der Waals surface area contributed by atoms with Gasteiger partial charge in [0.2, 0.25) is 5.91 Å². The Hall–Kier alpha value is -0.570. The molecule has 0 heterocycles. The van der Waals surface area contributed by atoms with Crippen LogP contribution in [0.4, 0.5) is 0 Å². The van der Waals surface area contributed by atoms with Crippen LogP contribution in [0.5, 0.6) is 0 Å². The fourth-order valence-electron chi connectivity index (χ4n) is 3.01. The van der Waals surface area contributed by atoms with Crippen molar-refractivity contribution in [3.05, 3.63) is 0 Å². The van der Waals surface area contributed by atoms with E-state index in [4.69, 9.17) is 5.73 Å². The van der Waals surface area contributed by atoms with Crippen molar-refractivity contribution in [2.45, 2.75) is 64.0 Å². The summed E-state index contributed by atoms with van der Waals surface area (Å²) < 4.78 is 0. The summed E-state index contributed by atoms with van der Waals surface area (Å²) in [6.07, 6.45) is 8.30. The zero-order valence-electron chi connectivity index (χ0n) is 11.2. The van der Waals surface area contributed by atoms with E-state index in [1.165, 1.54) is 25.7 Å². The molecule has 0 spiro atoms. The normalized spacial score (nSPS) is 31.0. The first-order chi connectivity index (χ1) is 8.08. The monoisotopic (exact) mass is 238 g/mol. The van der Waals surface area contributed by atoms with Crippen LogP contribution in [0.2, 0.25) is 0 Å². The number of carbonyl (C=O) groups is 1. The second-order valence-corrected chi connectivity index (χ2v) is 6.16. The minimum absolute atomic E-state index is 0.163. The quantitative estimate of drug-likeness (QED) is 0.815. The van der Waals surface area contributed by atoms with Gasteiger partial charge in [0.25, 0.3) is 0 Å². The lowest BCUT2D eigenvalue weighted by molar-refractivity contribution is -0.134. The summed E-state index contributed by atoms with van der Waals surface area (Å²) in [4.78, 5) is 14.1. The van der Waals surface area contributed by atoms with Gasteiger partial charge in [-0.15, -0.1) is 0 Å². The number of amides is 1. The van der Waals surface area contributed by atoms with Gasteiger partial charge < -0.3 is 10.6 Å². The summed E-state index contributed by atoms with van der Waals surface area (Å²) in [5, 5.41) is 0. The Morgan fingerprint density at radius 1 is 1.35 bits per heavy atom. The number of nitrogens with two attached hydrogens (primary N) is 1. The standard InChI is InChI=1S/C14H26N2O/c1-10-4-3-5-12(8-10)16(2)14(17)13(15)9-11-6-7-11/h10-13H,3-9,15H2,1-2H3. The predicted molar refractivity (Wildman–Crippen MR) is 69.5 cm³/mol. The summed E-state index contributed by atoms with van der Waals surface area (Å²) in [6, 6.07) is 0.168. The van der Waals surface area contributed by atoms with Crippen molar-refractivity contribution in [3.8, 4) is 0 Å². The predicted octanol–water partition coefficient (Wildman–Crippen LogP) is 2.15. The lowest BCUT2D eigenvalue weighted by Crippen LogP contribution is -2.48. The highest BCUT2D eigenvalue weighted by Gasteiger charge is 2.31. The minimum atomic E-state index is -0.260. The van der Waals surface area contributed by atoms with Gasteiger partial charge in [0, 0.05) is 13.1 Å². The number of carbonyl (C=O) groups excluding carboxylic acids is 1. The van der Waals surface area contributed by atoms with Crippen molar-refractivity contribution in [2.75, 3.05) is 7.05 Å². The van der Waals surface area contributed by atoms with Crippen LogP contribution in [0, 0.1) is 11.8 Å². The maximum absolute atomic E-state index is 12.2. The lowest BCUT2D eigenvalue weighted by Gasteiger charge is -2.35. The highest BCUT2D eigenvalue weighted by molar-refractivity contribution is 5.81. The molecular formula is C14H26N2O. The van der Waals surface area contributed by atoms with Crippen molar-refractivity contribution in [1.82, 2.24) is 4.90 Å². The maximum atomic E-state index is 12.2. The molecular weight excluding hydrogens is 212 g/mol. The van der Waals surface area contributed by atoms with Crippen LogP contribution in [-0.4, -0.2) is 29.9 Å². The summed E-state index contributed by atoms with van der Waals surface area (Å²) in [5.41, 5.74) is 6.01. The third-order valence-electron chi connectivity index (χ3n) is 4.41. The van der Waals surface area contributed by atoms with E-state index < -0.39 is 0 Å². The van der Waals surface area contributed by atoms with Crippen molar-refractivity contribution in [3.63, 3.8) is 0 Å². The molecule has 0 aromatic heterocycles. The molecule has 17 heavy (non-hydrogen) atoms. The molecule has 98 valence electrons. The number of likely N-dealkylation sites (N-methyl/N-ethyl adjacent to an activating group) is 1. The Balaban J connectivity index is 1.84. The first-order valence-electron chi connectivity index (χ1n) is 7.10. The van der Waals surface area contributed by atoms with E-state index in [1.807, 2.05) is 11.9 Å². The molecule has 2 fully saturated rings. The molecule has 2 aliphatic carbocycles. The molecule has 2 saturated carbocycles. The molecule has 1 amide bonds. The van der Waals surface area contributed by atoms with Crippen LogP contribution in [0.3, 0.4) is 0 Å². The van der Waals surface area contributed by atoms with E-state index in [0.29, 0.717) is 6.04 Å². The van der Waals surface area contributed by atoms with E-state index in [0.717, 1.165) is 31.1 Å². The van der Waals surface area contributed by atoms with E-state index in [1.54, 1.807) is 0 Å². The Morgan fingerprint density at radius 3 is 2.65 bits per heavy atom. The molecule has 3 heteroatoms. The van der Waals surface area contributed by atoms with Crippen LogP contribution in [0.25, 0.3) is 0 Å². The average Bonchev–Trinajstić information content (AvgIpc) is 3.11. The second kappa shape index (κ2) is 5.38. The summed E-state index contributed by atoms with van der Waals surface area (Å²) in [7, 11) is 1.94. The molecule has 3 nitrogen and oxygen atoms in total. The SMILES string of the molecule is CC1CCCC(N(C)C(=O)C(N)CC2CC2)C1. The smallest absolute Gasteiger partial charge is 0.239 e. The molecule has 2 aliphatic rings. The van der Waals surface area contributed by atoms with Crippen LogP contribution in [0.15, 0.2) is 0 Å². The molecule has 3 unspecified atom stereocenters. The highest BCUT2D eigenvalue weighted by atomic mass is 16.2. The molecule has 0 saturated heterocycles. The van der Waals surface area contributed by atoms with Gasteiger partial charge in [-0.2, -0.15) is 0 Å². The molecule has 0 radical (unpaired) electrons. The molecule has 2 rings (SSSR count). The molecule has 3 atom stereocenters. The lowest BCUT2D eigenvalue weighted by atomic mass is 9.86. The largest absolute Gasteiger partial charge is 0.341 e. The topological polar surface area (TPSA) is 46.3 Å². The Kier molecular flexibility index (Phi) is 4.08. The first kappa shape index (κ1) is 12.9. The zero-order valence-corrected chi connectivity index (χ0v) is 11.2. The molecule has 0 aromatic rings. The van der Waals surface area contributed by atoms with Crippen LogP contribution in [0.1, 0.15) is 51.9 Å². The average molecular weight is 238 g/mol. The van der Waals surface area contributed by atoms with Crippen molar-refractivity contribution in [2.24, 2.45) is 17.6 Å².